The smallest absolute Gasteiger partial charge is 0.0206 e. The molecule has 1 aromatic rings. The van der Waals surface area contributed by atoms with E-state index in [0.29, 0.717) is 0 Å². The van der Waals surface area contributed by atoms with Crippen molar-refractivity contribution >= 4 is 0 Å². The van der Waals surface area contributed by atoms with Crippen LogP contribution in [0.4, 0.5) is 0 Å². The Hall–Kier alpha value is -0.860. The zero-order valence-electron chi connectivity index (χ0n) is 9.58. The van der Waals surface area contributed by atoms with Gasteiger partial charge in [0.05, 0.1) is 0 Å². The van der Waals surface area contributed by atoms with Crippen molar-refractivity contribution in [2.75, 3.05) is 13.1 Å². The van der Waals surface area contributed by atoms with E-state index in [1.807, 2.05) is 6.07 Å². The Labute approximate surface area is 92.9 Å². The highest BCUT2D eigenvalue weighted by molar-refractivity contribution is 5.15. The molecule has 0 spiro atoms. The average molecular weight is 206 g/mol. The van der Waals surface area contributed by atoms with Gasteiger partial charge in [0.15, 0.2) is 0 Å². The van der Waals surface area contributed by atoms with Crippen LogP contribution >= 0.6 is 0 Å². The van der Waals surface area contributed by atoms with E-state index in [9.17, 15) is 0 Å². The highest BCUT2D eigenvalue weighted by Crippen LogP contribution is 2.01. The number of benzene rings is 1. The van der Waals surface area contributed by atoms with Gasteiger partial charge >= 0.3 is 0 Å². The van der Waals surface area contributed by atoms with Crippen LogP contribution in [0.2, 0.25) is 0 Å². The van der Waals surface area contributed by atoms with Crippen LogP contribution in [0.5, 0.6) is 0 Å². The molecule has 1 aromatic carbocycles. The molecule has 15 heavy (non-hydrogen) atoms. The van der Waals surface area contributed by atoms with E-state index >= 15 is 0 Å². The number of unbranched alkanes of at least 4 members (excludes halogenated alkanes) is 1. The van der Waals surface area contributed by atoms with Crippen molar-refractivity contribution in [2.45, 2.75) is 32.2 Å². The largest absolute Gasteiger partial charge is 0.326 e. The Balaban J connectivity index is 2.16. The van der Waals surface area contributed by atoms with Crippen LogP contribution in [0.1, 0.15) is 25.3 Å². The van der Waals surface area contributed by atoms with E-state index in [1.165, 1.54) is 18.4 Å². The number of nitrogens with two attached hydrogens (primary N) is 1. The van der Waals surface area contributed by atoms with Crippen LogP contribution in [-0.2, 0) is 6.42 Å². The van der Waals surface area contributed by atoms with Crippen molar-refractivity contribution in [1.29, 1.82) is 0 Å². The highest BCUT2D eigenvalue weighted by atomic mass is 14.9. The second kappa shape index (κ2) is 7.43. The molecule has 1 unspecified atom stereocenters. The van der Waals surface area contributed by atoms with Gasteiger partial charge in [-0.05, 0) is 24.9 Å². The third kappa shape index (κ3) is 5.55. The molecular formula is C13H22N2. The fourth-order valence-electron chi connectivity index (χ4n) is 1.58. The fraction of sp³-hybridized carbons (Fsp3) is 0.538. The molecule has 0 aromatic heterocycles. The van der Waals surface area contributed by atoms with Crippen molar-refractivity contribution < 1.29 is 0 Å². The molecule has 0 saturated carbocycles. The van der Waals surface area contributed by atoms with E-state index in [2.05, 4.69) is 36.5 Å². The van der Waals surface area contributed by atoms with Gasteiger partial charge in [-0.2, -0.15) is 0 Å². The molecule has 0 fully saturated rings. The fourth-order valence-corrected chi connectivity index (χ4v) is 1.58. The molecule has 2 heteroatoms. The van der Waals surface area contributed by atoms with Crippen LogP contribution in [0.15, 0.2) is 30.3 Å². The molecule has 2 nitrogen and oxygen atoms in total. The van der Waals surface area contributed by atoms with Gasteiger partial charge < -0.3 is 11.1 Å². The summed E-state index contributed by atoms with van der Waals surface area (Å²) >= 11 is 0. The summed E-state index contributed by atoms with van der Waals surface area (Å²) < 4.78 is 0. The summed E-state index contributed by atoms with van der Waals surface area (Å²) in [5.41, 5.74) is 7.35. The van der Waals surface area contributed by atoms with Crippen LogP contribution < -0.4 is 11.1 Å². The van der Waals surface area contributed by atoms with Gasteiger partial charge in [-0.1, -0.05) is 43.7 Å². The minimum absolute atomic E-state index is 0.226. The summed E-state index contributed by atoms with van der Waals surface area (Å²) in [6, 6.07) is 10.6. The lowest BCUT2D eigenvalue weighted by atomic mass is 10.1. The minimum atomic E-state index is 0.226. The Kier molecular flexibility index (Phi) is 6.05. The molecule has 0 radical (unpaired) electrons. The third-order valence-corrected chi connectivity index (χ3v) is 2.45. The predicted molar refractivity (Wildman–Crippen MR) is 65.9 cm³/mol. The Morgan fingerprint density at radius 1 is 1.27 bits per heavy atom. The first-order chi connectivity index (χ1) is 7.33. The zero-order valence-corrected chi connectivity index (χ0v) is 9.58. The Morgan fingerprint density at radius 2 is 2.00 bits per heavy atom. The summed E-state index contributed by atoms with van der Waals surface area (Å²) in [5, 5.41) is 3.38. The van der Waals surface area contributed by atoms with Crippen LogP contribution in [-0.4, -0.2) is 19.1 Å². The molecule has 0 aliphatic rings. The zero-order chi connectivity index (χ0) is 10.9. The molecule has 1 atom stereocenters. The second-order valence-corrected chi connectivity index (χ2v) is 4.01. The lowest BCUT2D eigenvalue weighted by Gasteiger charge is -2.12. The second-order valence-electron chi connectivity index (χ2n) is 4.01. The summed E-state index contributed by atoms with van der Waals surface area (Å²) in [6.45, 7) is 4.19. The standard InChI is InChI=1S/C13H22N2/c1-2-3-9-15-11-13(14)10-12-7-5-4-6-8-12/h4-8,13,15H,2-3,9-11,14H2,1H3. The Morgan fingerprint density at radius 3 is 2.67 bits per heavy atom. The normalized spacial score (nSPS) is 12.7. The molecule has 1 rings (SSSR count). The van der Waals surface area contributed by atoms with Crippen molar-refractivity contribution in [3.63, 3.8) is 0 Å². The van der Waals surface area contributed by atoms with Gasteiger partial charge in [-0.25, -0.2) is 0 Å². The SMILES string of the molecule is CCCCNCC(N)Cc1ccccc1. The van der Waals surface area contributed by atoms with E-state index in [4.69, 9.17) is 5.73 Å². The molecule has 0 saturated heterocycles. The van der Waals surface area contributed by atoms with Gasteiger partial charge in [0, 0.05) is 12.6 Å². The predicted octanol–water partition coefficient (Wildman–Crippen LogP) is 1.95. The van der Waals surface area contributed by atoms with Crippen LogP contribution in [0, 0.1) is 0 Å². The summed E-state index contributed by atoms with van der Waals surface area (Å²) in [6.07, 6.45) is 3.43. The van der Waals surface area contributed by atoms with E-state index in [0.717, 1.165) is 19.5 Å². The lowest BCUT2D eigenvalue weighted by molar-refractivity contribution is 0.559. The summed E-state index contributed by atoms with van der Waals surface area (Å²) in [4.78, 5) is 0. The number of hydrogen-bond donors (Lipinski definition) is 2. The van der Waals surface area contributed by atoms with Crippen LogP contribution in [0.3, 0.4) is 0 Å². The van der Waals surface area contributed by atoms with Crippen molar-refractivity contribution in [1.82, 2.24) is 5.32 Å². The lowest BCUT2D eigenvalue weighted by Crippen LogP contribution is -2.35. The van der Waals surface area contributed by atoms with Crippen molar-refractivity contribution in [3.8, 4) is 0 Å². The van der Waals surface area contributed by atoms with Gasteiger partial charge in [0.25, 0.3) is 0 Å². The number of hydrogen-bond acceptors (Lipinski definition) is 2. The maximum absolute atomic E-state index is 6.03. The molecule has 0 aliphatic heterocycles. The molecule has 3 N–H and O–H groups in total. The van der Waals surface area contributed by atoms with E-state index in [-0.39, 0.29) is 6.04 Å². The maximum atomic E-state index is 6.03. The quantitative estimate of drug-likeness (QED) is 0.669. The molecule has 84 valence electrons. The van der Waals surface area contributed by atoms with E-state index in [1.54, 1.807) is 0 Å². The maximum Gasteiger partial charge on any atom is 0.0206 e. The molecule has 0 aliphatic carbocycles. The van der Waals surface area contributed by atoms with Gasteiger partial charge in [0.2, 0.25) is 0 Å². The first-order valence-electron chi connectivity index (χ1n) is 5.83. The number of rotatable bonds is 7. The molecule has 0 bridgehead atoms. The summed E-state index contributed by atoms with van der Waals surface area (Å²) in [5.74, 6) is 0. The Bertz CT molecular complexity index is 246. The minimum Gasteiger partial charge on any atom is -0.326 e. The third-order valence-electron chi connectivity index (χ3n) is 2.45. The first-order valence-corrected chi connectivity index (χ1v) is 5.83. The van der Waals surface area contributed by atoms with Gasteiger partial charge in [-0.3, -0.25) is 0 Å². The van der Waals surface area contributed by atoms with Gasteiger partial charge in [-0.15, -0.1) is 0 Å². The van der Waals surface area contributed by atoms with Gasteiger partial charge in [0.1, 0.15) is 0 Å². The topological polar surface area (TPSA) is 38.0 Å². The van der Waals surface area contributed by atoms with E-state index < -0.39 is 0 Å². The molecular weight excluding hydrogens is 184 g/mol. The van der Waals surface area contributed by atoms with Crippen LogP contribution in [0.25, 0.3) is 0 Å². The number of nitrogens with one attached hydrogen (secondary N) is 1. The molecule has 0 amide bonds. The monoisotopic (exact) mass is 206 g/mol. The highest BCUT2D eigenvalue weighted by Gasteiger charge is 2.02. The average Bonchev–Trinajstić information content (AvgIpc) is 2.26. The molecule has 0 heterocycles. The van der Waals surface area contributed by atoms with Crippen molar-refractivity contribution in [2.24, 2.45) is 5.73 Å². The van der Waals surface area contributed by atoms with Crippen molar-refractivity contribution in [3.05, 3.63) is 35.9 Å². The first kappa shape index (κ1) is 12.2. The summed E-state index contributed by atoms with van der Waals surface area (Å²) in [7, 11) is 0.